The molecule has 1 aromatic carbocycles. The van der Waals surface area contributed by atoms with Crippen molar-refractivity contribution in [2.45, 2.75) is 47.1 Å². The molecule has 33 heavy (non-hydrogen) atoms. The first-order valence-electron chi connectivity index (χ1n) is 10.8. The lowest BCUT2D eigenvalue weighted by atomic mass is 10.1. The van der Waals surface area contributed by atoms with Gasteiger partial charge in [0, 0.05) is 11.4 Å². The molecule has 0 spiro atoms. The summed E-state index contributed by atoms with van der Waals surface area (Å²) in [6.07, 6.45) is -0.109. The van der Waals surface area contributed by atoms with Crippen molar-refractivity contribution in [1.29, 1.82) is 0 Å². The minimum absolute atomic E-state index is 0.152. The quantitative estimate of drug-likeness (QED) is 0.431. The van der Waals surface area contributed by atoms with Gasteiger partial charge in [-0.25, -0.2) is 9.78 Å². The van der Waals surface area contributed by atoms with E-state index >= 15 is 0 Å². The molecule has 1 atom stereocenters. The highest BCUT2D eigenvalue weighted by Gasteiger charge is 2.36. The largest absolute Gasteiger partial charge is 0.451 e. The Hall–Kier alpha value is -3.33. The molecule has 9 heteroatoms. The van der Waals surface area contributed by atoms with Crippen molar-refractivity contribution in [3.8, 4) is 0 Å². The van der Waals surface area contributed by atoms with Gasteiger partial charge in [0.25, 0.3) is 17.4 Å². The van der Waals surface area contributed by atoms with Gasteiger partial charge in [0.1, 0.15) is 4.83 Å². The van der Waals surface area contributed by atoms with Gasteiger partial charge in [0.2, 0.25) is 0 Å². The van der Waals surface area contributed by atoms with Gasteiger partial charge in [0.05, 0.1) is 22.1 Å². The van der Waals surface area contributed by atoms with Crippen molar-refractivity contribution < 1.29 is 19.1 Å². The molecule has 3 heterocycles. The van der Waals surface area contributed by atoms with E-state index in [9.17, 15) is 19.2 Å². The Kier molecular flexibility index (Phi) is 5.92. The molecule has 0 aliphatic carbocycles. The number of esters is 1. The van der Waals surface area contributed by atoms with E-state index in [-0.39, 0.29) is 34.0 Å². The van der Waals surface area contributed by atoms with Crippen LogP contribution in [-0.2, 0) is 4.74 Å². The molecule has 0 bridgehead atoms. The summed E-state index contributed by atoms with van der Waals surface area (Å²) in [4.78, 5) is 60.6. The molecule has 1 aliphatic rings. The SMILES string of the molecule is Cc1sc2nc([C@@H](C)OC(=O)c3ccc4c(c3)C(=O)N(CCC(C)C)C4=O)[nH]c(=O)c2c1C. The highest BCUT2D eigenvalue weighted by atomic mass is 32.1. The molecule has 172 valence electrons. The maximum Gasteiger partial charge on any atom is 0.338 e. The van der Waals surface area contributed by atoms with Crippen LogP contribution < -0.4 is 5.56 Å². The summed E-state index contributed by atoms with van der Waals surface area (Å²) < 4.78 is 5.51. The predicted octanol–water partition coefficient (Wildman–Crippen LogP) is 4.16. The van der Waals surface area contributed by atoms with Crippen LogP contribution in [0.4, 0.5) is 0 Å². The molecule has 2 aromatic heterocycles. The molecule has 1 aliphatic heterocycles. The number of aromatic nitrogens is 2. The van der Waals surface area contributed by atoms with E-state index in [0.29, 0.717) is 29.1 Å². The van der Waals surface area contributed by atoms with E-state index in [1.165, 1.54) is 34.4 Å². The topological polar surface area (TPSA) is 109 Å². The number of ether oxygens (including phenoxy) is 1. The van der Waals surface area contributed by atoms with Crippen molar-refractivity contribution in [1.82, 2.24) is 14.9 Å². The van der Waals surface area contributed by atoms with Gasteiger partial charge in [-0.15, -0.1) is 11.3 Å². The lowest BCUT2D eigenvalue weighted by molar-refractivity contribution is 0.0319. The van der Waals surface area contributed by atoms with E-state index in [0.717, 1.165) is 10.4 Å². The number of fused-ring (bicyclic) bond motifs is 2. The number of rotatable bonds is 6. The number of hydrogen-bond acceptors (Lipinski definition) is 7. The number of amides is 2. The molecule has 0 saturated carbocycles. The van der Waals surface area contributed by atoms with Crippen LogP contribution in [0.25, 0.3) is 10.2 Å². The summed E-state index contributed by atoms with van der Waals surface area (Å²) in [6, 6.07) is 4.34. The number of carbonyl (C=O) groups excluding carboxylic acids is 3. The third-order valence-corrected chi connectivity index (χ3v) is 6.96. The molecule has 3 aromatic rings. The molecule has 0 fully saturated rings. The minimum Gasteiger partial charge on any atom is -0.451 e. The van der Waals surface area contributed by atoms with Gasteiger partial charge >= 0.3 is 5.97 Å². The molecule has 0 saturated heterocycles. The van der Waals surface area contributed by atoms with Crippen LogP contribution in [0.15, 0.2) is 23.0 Å². The number of imide groups is 1. The van der Waals surface area contributed by atoms with Gasteiger partial charge in [0.15, 0.2) is 11.9 Å². The second-order valence-electron chi connectivity index (χ2n) is 8.67. The molecular weight excluding hydrogens is 442 g/mol. The van der Waals surface area contributed by atoms with Crippen LogP contribution >= 0.6 is 11.3 Å². The van der Waals surface area contributed by atoms with Crippen LogP contribution in [-0.4, -0.2) is 39.2 Å². The molecule has 0 radical (unpaired) electrons. The highest BCUT2D eigenvalue weighted by molar-refractivity contribution is 7.18. The maximum atomic E-state index is 12.8. The Morgan fingerprint density at radius 2 is 1.82 bits per heavy atom. The Balaban J connectivity index is 1.55. The minimum atomic E-state index is -0.814. The third-order valence-electron chi connectivity index (χ3n) is 5.86. The summed E-state index contributed by atoms with van der Waals surface area (Å²) in [5, 5.41) is 0.545. The number of aromatic amines is 1. The molecule has 4 rings (SSSR count). The number of hydrogen-bond donors (Lipinski definition) is 1. The number of thiophene rings is 1. The maximum absolute atomic E-state index is 12.8. The molecule has 1 N–H and O–H groups in total. The van der Waals surface area contributed by atoms with Crippen LogP contribution in [0.1, 0.15) is 80.6 Å². The Labute approximate surface area is 194 Å². The average molecular weight is 468 g/mol. The van der Waals surface area contributed by atoms with E-state index < -0.39 is 18.0 Å². The van der Waals surface area contributed by atoms with Gasteiger partial charge < -0.3 is 9.72 Å². The Bertz CT molecular complexity index is 1350. The predicted molar refractivity (Wildman–Crippen MR) is 125 cm³/mol. The smallest absolute Gasteiger partial charge is 0.338 e. The lowest BCUT2D eigenvalue weighted by Gasteiger charge is -2.14. The van der Waals surface area contributed by atoms with Gasteiger partial charge in [-0.3, -0.25) is 19.3 Å². The van der Waals surface area contributed by atoms with Crippen LogP contribution in [0.2, 0.25) is 0 Å². The number of H-pyrrole nitrogens is 1. The Morgan fingerprint density at radius 3 is 2.52 bits per heavy atom. The summed E-state index contributed by atoms with van der Waals surface area (Å²) in [5.41, 5.74) is 1.25. The van der Waals surface area contributed by atoms with Gasteiger partial charge in [-0.2, -0.15) is 0 Å². The van der Waals surface area contributed by atoms with Crippen molar-refractivity contribution in [3.63, 3.8) is 0 Å². The van der Waals surface area contributed by atoms with Gasteiger partial charge in [-0.05, 0) is 56.9 Å². The second-order valence-corrected chi connectivity index (χ2v) is 9.87. The zero-order valence-electron chi connectivity index (χ0n) is 19.1. The van der Waals surface area contributed by atoms with Crippen LogP contribution in [0.3, 0.4) is 0 Å². The summed E-state index contributed by atoms with van der Waals surface area (Å²) in [5.74, 6) is -0.830. The number of nitrogens with one attached hydrogen (secondary N) is 1. The van der Waals surface area contributed by atoms with E-state index in [2.05, 4.69) is 9.97 Å². The summed E-state index contributed by atoms with van der Waals surface area (Å²) in [7, 11) is 0. The van der Waals surface area contributed by atoms with Crippen LogP contribution in [0.5, 0.6) is 0 Å². The monoisotopic (exact) mass is 467 g/mol. The summed E-state index contributed by atoms with van der Waals surface area (Å²) in [6.45, 7) is 9.79. The zero-order valence-corrected chi connectivity index (χ0v) is 20.0. The van der Waals surface area contributed by atoms with E-state index in [4.69, 9.17) is 4.74 Å². The number of nitrogens with zero attached hydrogens (tertiary/aromatic N) is 2. The van der Waals surface area contributed by atoms with Crippen molar-refractivity contribution in [3.05, 3.63) is 61.5 Å². The van der Waals surface area contributed by atoms with Crippen molar-refractivity contribution >= 4 is 39.3 Å². The van der Waals surface area contributed by atoms with E-state index in [1.807, 2.05) is 27.7 Å². The molecule has 2 amide bonds. The highest BCUT2D eigenvalue weighted by Crippen LogP contribution is 2.28. The fourth-order valence-electron chi connectivity index (χ4n) is 3.76. The molecular formula is C24H25N3O5S. The second kappa shape index (κ2) is 8.55. The Morgan fingerprint density at radius 1 is 1.12 bits per heavy atom. The van der Waals surface area contributed by atoms with Crippen LogP contribution in [0, 0.1) is 19.8 Å². The standard InChI is InChI=1S/C24H25N3O5S/c1-11(2)8-9-27-22(29)16-7-6-15(10-17(16)23(27)30)24(31)32-13(4)19-25-20(28)18-12(3)14(5)33-21(18)26-19/h6-7,10-11,13H,8-9H2,1-5H3,(H,25,26,28)/t13-/m1/s1. The lowest BCUT2D eigenvalue weighted by Crippen LogP contribution is -2.31. The zero-order chi connectivity index (χ0) is 24.0. The van der Waals surface area contributed by atoms with Crippen molar-refractivity contribution in [2.75, 3.05) is 6.54 Å². The average Bonchev–Trinajstić information content (AvgIpc) is 3.18. The first kappa shape index (κ1) is 22.8. The summed E-state index contributed by atoms with van der Waals surface area (Å²) >= 11 is 1.41. The fourth-order valence-corrected chi connectivity index (χ4v) is 4.79. The first-order chi connectivity index (χ1) is 15.6. The van der Waals surface area contributed by atoms with E-state index in [1.54, 1.807) is 6.92 Å². The van der Waals surface area contributed by atoms with Crippen molar-refractivity contribution in [2.24, 2.45) is 5.92 Å². The normalized spacial score (nSPS) is 14.3. The fraction of sp³-hybridized carbons (Fsp3) is 0.375. The molecule has 8 nitrogen and oxygen atoms in total. The molecule has 0 unspecified atom stereocenters. The third kappa shape index (κ3) is 4.08. The number of benzene rings is 1. The van der Waals surface area contributed by atoms with Gasteiger partial charge in [-0.1, -0.05) is 13.8 Å². The first-order valence-corrected chi connectivity index (χ1v) is 11.6. The number of aryl methyl sites for hydroxylation is 2. The number of carbonyl (C=O) groups is 3.